The van der Waals surface area contributed by atoms with Crippen LogP contribution >= 0.6 is 22.9 Å². The minimum atomic E-state index is -3.06. The van der Waals surface area contributed by atoms with Crippen LogP contribution in [0.5, 0.6) is 0 Å². The zero-order valence-electron chi connectivity index (χ0n) is 8.89. The van der Waals surface area contributed by atoms with Crippen molar-refractivity contribution in [3.8, 4) is 0 Å². The van der Waals surface area contributed by atoms with E-state index in [0.717, 1.165) is 19.4 Å². The molecule has 1 heterocycles. The molecule has 0 N–H and O–H groups in total. The number of nitrogens with zero attached hydrogens (tertiary/aromatic N) is 1. The van der Waals surface area contributed by atoms with Crippen molar-refractivity contribution < 1.29 is 13.2 Å². The van der Waals surface area contributed by atoms with Gasteiger partial charge < -0.3 is 4.74 Å². The van der Waals surface area contributed by atoms with Crippen molar-refractivity contribution >= 4 is 32.7 Å². The van der Waals surface area contributed by atoms with Gasteiger partial charge in [-0.3, -0.25) is 0 Å². The number of sulfone groups is 1. The van der Waals surface area contributed by atoms with Crippen LogP contribution < -0.4 is 0 Å². The van der Waals surface area contributed by atoms with Gasteiger partial charge in [0.15, 0.2) is 9.84 Å². The van der Waals surface area contributed by atoms with Crippen LogP contribution in [-0.4, -0.2) is 43.6 Å². The predicted octanol–water partition coefficient (Wildman–Crippen LogP) is 1.37. The number of ether oxygens (including phenoxy) is 1. The average molecular weight is 345 g/mol. The molecule has 0 aromatic carbocycles. The first-order chi connectivity index (χ1) is 6.94. The topological polar surface area (TPSA) is 46.6 Å². The van der Waals surface area contributed by atoms with Crippen LogP contribution in [0.1, 0.15) is 12.8 Å². The highest BCUT2D eigenvalue weighted by atomic mass is 127. The molecule has 0 aromatic rings. The molecule has 1 aliphatic rings. The second-order valence-corrected chi connectivity index (χ2v) is 6.86. The van der Waals surface area contributed by atoms with Gasteiger partial charge in [0.1, 0.15) is 0 Å². The predicted molar refractivity (Wildman–Crippen MR) is 68.5 cm³/mol. The maximum Gasteiger partial charge on any atom is 0.168 e. The molecular weight excluding hydrogens is 329 g/mol. The maximum atomic E-state index is 11.0. The SMILES string of the molecule is CO[C@@H](/C=C/S(C)(=O)=O)[C@H]1CCCN1I. The van der Waals surface area contributed by atoms with Crippen LogP contribution in [0.15, 0.2) is 11.5 Å². The van der Waals surface area contributed by atoms with Crippen LogP contribution in [0, 0.1) is 0 Å². The number of halogens is 1. The van der Waals surface area contributed by atoms with E-state index in [0.29, 0.717) is 0 Å². The molecular formula is C9H16INO3S. The fourth-order valence-electron chi connectivity index (χ4n) is 1.67. The van der Waals surface area contributed by atoms with Crippen LogP contribution in [0.3, 0.4) is 0 Å². The van der Waals surface area contributed by atoms with Crippen molar-refractivity contribution in [1.82, 2.24) is 3.11 Å². The van der Waals surface area contributed by atoms with E-state index >= 15 is 0 Å². The average Bonchev–Trinajstić information content (AvgIpc) is 2.52. The van der Waals surface area contributed by atoms with Crippen LogP contribution in [0.25, 0.3) is 0 Å². The van der Waals surface area contributed by atoms with Crippen molar-refractivity contribution in [2.45, 2.75) is 25.0 Å². The van der Waals surface area contributed by atoms with Crippen LogP contribution in [0.2, 0.25) is 0 Å². The minimum absolute atomic E-state index is 0.140. The van der Waals surface area contributed by atoms with Gasteiger partial charge in [-0.25, -0.2) is 11.5 Å². The smallest absolute Gasteiger partial charge is 0.168 e. The molecule has 1 rings (SSSR count). The van der Waals surface area contributed by atoms with Crippen molar-refractivity contribution in [3.63, 3.8) is 0 Å². The first-order valence-electron chi connectivity index (χ1n) is 4.77. The van der Waals surface area contributed by atoms with Gasteiger partial charge in [-0.05, 0) is 18.9 Å². The minimum Gasteiger partial charge on any atom is -0.376 e. The molecule has 6 heteroatoms. The Labute approximate surface area is 105 Å². The second-order valence-electron chi connectivity index (χ2n) is 3.69. The highest BCUT2D eigenvalue weighted by Crippen LogP contribution is 2.25. The van der Waals surface area contributed by atoms with Gasteiger partial charge in [0, 0.05) is 54.2 Å². The fourth-order valence-corrected chi connectivity index (χ4v) is 3.04. The molecule has 0 aromatic heterocycles. The summed E-state index contributed by atoms with van der Waals surface area (Å²) in [7, 11) is -1.45. The molecule has 0 amide bonds. The van der Waals surface area contributed by atoms with E-state index in [4.69, 9.17) is 4.74 Å². The van der Waals surface area contributed by atoms with Gasteiger partial charge >= 0.3 is 0 Å². The van der Waals surface area contributed by atoms with E-state index in [1.54, 1.807) is 13.2 Å². The molecule has 0 bridgehead atoms. The first-order valence-corrected chi connectivity index (χ1v) is 7.69. The number of hydrogen-bond donors (Lipinski definition) is 0. The first kappa shape index (κ1) is 13.4. The van der Waals surface area contributed by atoms with E-state index in [9.17, 15) is 8.42 Å². The summed E-state index contributed by atoms with van der Waals surface area (Å²) in [5, 5.41) is 1.23. The Hall–Kier alpha value is 0.340. The Morgan fingerprint density at radius 3 is 2.67 bits per heavy atom. The van der Waals surface area contributed by atoms with E-state index < -0.39 is 9.84 Å². The summed E-state index contributed by atoms with van der Waals surface area (Å²) in [5.74, 6) is 0. The highest BCUT2D eigenvalue weighted by molar-refractivity contribution is 14.1. The van der Waals surface area contributed by atoms with Crippen molar-refractivity contribution in [1.29, 1.82) is 0 Å². The Morgan fingerprint density at radius 1 is 1.60 bits per heavy atom. The second kappa shape index (κ2) is 5.60. The summed E-state index contributed by atoms with van der Waals surface area (Å²) >= 11 is 2.26. The highest BCUT2D eigenvalue weighted by Gasteiger charge is 2.29. The normalized spacial score (nSPS) is 26.2. The molecule has 0 saturated carbocycles. The zero-order chi connectivity index (χ0) is 11.5. The Balaban J connectivity index is 2.67. The van der Waals surface area contributed by atoms with Gasteiger partial charge in [-0.15, -0.1) is 0 Å². The van der Waals surface area contributed by atoms with Gasteiger partial charge in [0.25, 0.3) is 0 Å². The maximum absolute atomic E-state index is 11.0. The molecule has 15 heavy (non-hydrogen) atoms. The lowest BCUT2D eigenvalue weighted by atomic mass is 10.1. The zero-order valence-corrected chi connectivity index (χ0v) is 11.9. The quantitative estimate of drug-likeness (QED) is 0.571. The van der Waals surface area contributed by atoms with Crippen molar-refractivity contribution in [3.05, 3.63) is 11.5 Å². The van der Waals surface area contributed by atoms with E-state index in [2.05, 4.69) is 26.0 Å². The van der Waals surface area contributed by atoms with Gasteiger partial charge in [-0.1, -0.05) is 0 Å². The third kappa shape index (κ3) is 4.38. The molecule has 1 saturated heterocycles. The molecule has 1 fully saturated rings. The van der Waals surface area contributed by atoms with Crippen LogP contribution in [-0.2, 0) is 14.6 Å². The molecule has 88 valence electrons. The lowest BCUT2D eigenvalue weighted by molar-refractivity contribution is 0.0968. The summed E-state index contributed by atoms with van der Waals surface area (Å²) in [6.07, 6.45) is 4.87. The third-order valence-corrected chi connectivity index (χ3v) is 4.25. The number of rotatable bonds is 4. The van der Waals surface area contributed by atoms with Crippen molar-refractivity contribution in [2.75, 3.05) is 19.9 Å². The van der Waals surface area contributed by atoms with E-state index in [1.165, 1.54) is 11.7 Å². The third-order valence-electron chi connectivity index (χ3n) is 2.40. The standard InChI is InChI=1S/C9H16INO3S/c1-14-9(5-7-15(2,12)13)8-4-3-6-11(8)10/h5,7-9H,3-4,6H2,1-2H3/b7-5+/t8-,9+/m1/s1. The molecule has 1 aliphatic heterocycles. The van der Waals surface area contributed by atoms with Crippen LogP contribution in [0.4, 0.5) is 0 Å². The number of hydrogen-bond acceptors (Lipinski definition) is 4. The monoisotopic (exact) mass is 345 g/mol. The van der Waals surface area contributed by atoms with Gasteiger partial charge in [0.2, 0.25) is 0 Å². The lowest BCUT2D eigenvalue weighted by Crippen LogP contribution is -2.33. The summed E-state index contributed by atoms with van der Waals surface area (Å²) in [6.45, 7) is 1.04. The number of methoxy groups -OCH3 is 1. The van der Waals surface area contributed by atoms with Gasteiger partial charge in [0.05, 0.1) is 6.10 Å². The summed E-state index contributed by atoms with van der Waals surface area (Å²) in [4.78, 5) is 0. The molecule has 0 unspecified atom stereocenters. The Kier molecular flexibility index (Phi) is 5.01. The molecule has 4 nitrogen and oxygen atoms in total. The molecule has 2 atom stereocenters. The molecule has 0 spiro atoms. The Bertz CT molecular complexity index is 328. The molecule has 0 radical (unpaired) electrons. The summed E-state index contributed by atoms with van der Waals surface area (Å²) < 4.78 is 29.5. The lowest BCUT2D eigenvalue weighted by Gasteiger charge is -2.23. The Morgan fingerprint density at radius 2 is 2.27 bits per heavy atom. The van der Waals surface area contributed by atoms with E-state index in [1.807, 2.05) is 0 Å². The van der Waals surface area contributed by atoms with Gasteiger partial charge in [-0.2, -0.15) is 0 Å². The summed E-state index contributed by atoms with van der Waals surface area (Å²) in [5.41, 5.74) is 0. The fraction of sp³-hybridized carbons (Fsp3) is 0.778. The largest absolute Gasteiger partial charge is 0.376 e. The van der Waals surface area contributed by atoms with Crippen molar-refractivity contribution in [2.24, 2.45) is 0 Å². The summed E-state index contributed by atoms with van der Waals surface area (Å²) in [6, 6.07) is 0.286. The molecule has 0 aliphatic carbocycles. The van der Waals surface area contributed by atoms with E-state index in [-0.39, 0.29) is 12.1 Å².